The highest BCUT2D eigenvalue weighted by molar-refractivity contribution is 5.99. The maximum atomic E-state index is 12.8. The summed E-state index contributed by atoms with van der Waals surface area (Å²) in [5.41, 5.74) is -0.387. The van der Waals surface area contributed by atoms with E-state index in [0.717, 1.165) is 13.0 Å². The fourth-order valence-corrected chi connectivity index (χ4v) is 3.09. The Kier molecular flexibility index (Phi) is 3.63. The molecule has 0 radical (unpaired) electrons. The minimum absolute atomic E-state index is 0.00444. The summed E-state index contributed by atoms with van der Waals surface area (Å²) in [6, 6.07) is -0.331. The van der Waals surface area contributed by atoms with Gasteiger partial charge in [0.2, 0.25) is 11.8 Å². The van der Waals surface area contributed by atoms with Crippen molar-refractivity contribution in [3.8, 4) is 0 Å². The van der Waals surface area contributed by atoms with Crippen LogP contribution in [0.15, 0.2) is 0 Å². The highest BCUT2D eigenvalue weighted by Crippen LogP contribution is 2.49. The lowest BCUT2D eigenvalue weighted by molar-refractivity contribution is -0.155. The van der Waals surface area contributed by atoms with Gasteiger partial charge in [0, 0.05) is 6.54 Å². The lowest BCUT2D eigenvalue weighted by Crippen LogP contribution is -2.69. The molecule has 1 N–H and O–H groups in total. The van der Waals surface area contributed by atoms with Crippen LogP contribution in [0, 0.1) is 5.41 Å². The highest BCUT2D eigenvalue weighted by atomic mass is 16.2. The number of nitrogens with zero attached hydrogens (tertiary/aromatic N) is 1. The van der Waals surface area contributed by atoms with Crippen molar-refractivity contribution >= 4 is 11.8 Å². The summed E-state index contributed by atoms with van der Waals surface area (Å²) >= 11 is 0. The fraction of sp³-hybridized carbons (Fsp3) is 0.867. The van der Waals surface area contributed by atoms with Gasteiger partial charge >= 0.3 is 0 Å². The minimum atomic E-state index is -0.673. The smallest absolute Gasteiger partial charge is 0.248 e. The van der Waals surface area contributed by atoms with Crippen LogP contribution in [-0.2, 0) is 9.59 Å². The van der Waals surface area contributed by atoms with Gasteiger partial charge in [-0.1, -0.05) is 20.8 Å². The second-order valence-electron chi connectivity index (χ2n) is 6.24. The molecule has 1 saturated heterocycles. The zero-order chi connectivity index (χ0) is 14.3. The molecular weight excluding hydrogens is 240 g/mol. The third kappa shape index (κ3) is 2.26. The third-order valence-corrected chi connectivity index (χ3v) is 5.30. The SMILES string of the molecule is CCC1(CN2C(=O)C(CC)(CC)NC(=O)C2C)CC1. The van der Waals surface area contributed by atoms with Crippen LogP contribution in [0.1, 0.15) is 59.8 Å². The van der Waals surface area contributed by atoms with E-state index in [-0.39, 0.29) is 23.3 Å². The number of hydrogen-bond donors (Lipinski definition) is 1. The third-order valence-electron chi connectivity index (χ3n) is 5.30. The predicted octanol–water partition coefficient (Wildman–Crippen LogP) is 2.08. The zero-order valence-electron chi connectivity index (χ0n) is 12.6. The Morgan fingerprint density at radius 3 is 2.16 bits per heavy atom. The Hall–Kier alpha value is -1.06. The van der Waals surface area contributed by atoms with Crippen molar-refractivity contribution in [1.82, 2.24) is 10.2 Å². The molecule has 1 heterocycles. The molecular formula is C15H26N2O2. The summed E-state index contributed by atoms with van der Waals surface area (Å²) in [5.74, 6) is 0.111. The summed E-state index contributed by atoms with van der Waals surface area (Å²) in [7, 11) is 0. The van der Waals surface area contributed by atoms with Crippen LogP contribution in [-0.4, -0.2) is 34.8 Å². The molecule has 1 atom stereocenters. The largest absolute Gasteiger partial charge is 0.340 e. The van der Waals surface area contributed by atoms with Crippen LogP contribution in [0.5, 0.6) is 0 Å². The van der Waals surface area contributed by atoms with Gasteiger partial charge in [-0.25, -0.2) is 0 Å². The first-order chi connectivity index (χ1) is 8.93. The van der Waals surface area contributed by atoms with Gasteiger partial charge in [0.05, 0.1) is 0 Å². The van der Waals surface area contributed by atoms with Crippen LogP contribution in [0.2, 0.25) is 0 Å². The number of piperazine rings is 1. The lowest BCUT2D eigenvalue weighted by atomic mass is 9.86. The summed E-state index contributed by atoms with van der Waals surface area (Å²) in [5, 5.41) is 2.95. The Balaban J connectivity index is 2.24. The lowest BCUT2D eigenvalue weighted by Gasteiger charge is -2.45. The summed E-state index contributed by atoms with van der Waals surface area (Å²) < 4.78 is 0. The summed E-state index contributed by atoms with van der Waals surface area (Å²) in [4.78, 5) is 26.8. The molecule has 0 aromatic heterocycles. The number of carbonyl (C=O) groups excluding carboxylic acids is 2. The second-order valence-corrected chi connectivity index (χ2v) is 6.24. The molecule has 4 heteroatoms. The molecule has 1 aliphatic heterocycles. The molecule has 0 spiro atoms. The maximum absolute atomic E-state index is 12.8. The number of amides is 2. The van der Waals surface area contributed by atoms with Crippen molar-refractivity contribution in [1.29, 1.82) is 0 Å². The Labute approximate surface area is 115 Å². The standard InChI is InChI=1S/C15H26N2O2/c1-5-14(8-9-14)10-17-11(4)12(18)16-15(6-2,7-3)13(17)19/h11H,5-10H2,1-4H3,(H,16,18). The fourth-order valence-electron chi connectivity index (χ4n) is 3.09. The quantitative estimate of drug-likeness (QED) is 0.828. The van der Waals surface area contributed by atoms with Gasteiger partial charge in [0.25, 0.3) is 0 Å². The van der Waals surface area contributed by atoms with E-state index >= 15 is 0 Å². The van der Waals surface area contributed by atoms with Crippen molar-refractivity contribution in [2.24, 2.45) is 5.41 Å². The zero-order valence-corrected chi connectivity index (χ0v) is 12.6. The molecule has 1 saturated carbocycles. The van der Waals surface area contributed by atoms with Crippen LogP contribution in [0.4, 0.5) is 0 Å². The second kappa shape index (κ2) is 4.80. The van der Waals surface area contributed by atoms with Crippen LogP contribution in [0.3, 0.4) is 0 Å². The van der Waals surface area contributed by atoms with E-state index < -0.39 is 5.54 Å². The minimum Gasteiger partial charge on any atom is -0.340 e. The van der Waals surface area contributed by atoms with E-state index in [1.54, 1.807) is 0 Å². The maximum Gasteiger partial charge on any atom is 0.248 e. The molecule has 19 heavy (non-hydrogen) atoms. The van der Waals surface area contributed by atoms with E-state index in [9.17, 15) is 9.59 Å². The van der Waals surface area contributed by atoms with Crippen LogP contribution in [0.25, 0.3) is 0 Å². The van der Waals surface area contributed by atoms with Gasteiger partial charge < -0.3 is 10.2 Å². The Morgan fingerprint density at radius 1 is 1.16 bits per heavy atom. The van der Waals surface area contributed by atoms with Crippen LogP contribution >= 0.6 is 0 Å². The first kappa shape index (κ1) is 14.4. The molecule has 108 valence electrons. The molecule has 1 aliphatic carbocycles. The van der Waals surface area contributed by atoms with E-state index in [4.69, 9.17) is 0 Å². The van der Waals surface area contributed by atoms with Crippen LogP contribution < -0.4 is 5.32 Å². The first-order valence-corrected chi connectivity index (χ1v) is 7.56. The van der Waals surface area contributed by atoms with Gasteiger partial charge in [-0.05, 0) is 44.4 Å². The number of rotatable bonds is 5. The summed E-state index contributed by atoms with van der Waals surface area (Å²) in [6.45, 7) is 8.72. The Morgan fingerprint density at radius 2 is 1.74 bits per heavy atom. The first-order valence-electron chi connectivity index (χ1n) is 7.56. The molecule has 4 nitrogen and oxygen atoms in total. The highest BCUT2D eigenvalue weighted by Gasteiger charge is 2.51. The normalized spacial score (nSPS) is 28.2. The van der Waals surface area contributed by atoms with Gasteiger partial charge in [0.1, 0.15) is 11.6 Å². The number of carbonyl (C=O) groups is 2. The van der Waals surface area contributed by atoms with Gasteiger partial charge in [-0.15, -0.1) is 0 Å². The molecule has 0 aromatic rings. The van der Waals surface area contributed by atoms with Crippen molar-refractivity contribution in [2.75, 3.05) is 6.54 Å². The van der Waals surface area contributed by atoms with Gasteiger partial charge in [-0.3, -0.25) is 9.59 Å². The monoisotopic (exact) mass is 266 g/mol. The molecule has 2 aliphatic rings. The number of hydrogen-bond acceptors (Lipinski definition) is 2. The molecule has 0 aromatic carbocycles. The molecule has 1 unspecified atom stereocenters. The van der Waals surface area contributed by atoms with Crippen molar-refractivity contribution in [3.05, 3.63) is 0 Å². The topological polar surface area (TPSA) is 49.4 Å². The van der Waals surface area contributed by atoms with Gasteiger partial charge in [0.15, 0.2) is 0 Å². The average molecular weight is 266 g/mol. The molecule has 2 amide bonds. The molecule has 2 fully saturated rings. The Bertz CT molecular complexity index is 384. The van der Waals surface area contributed by atoms with E-state index in [2.05, 4.69) is 12.2 Å². The summed E-state index contributed by atoms with van der Waals surface area (Å²) in [6.07, 6.45) is 4.79. The average Bonchev–Trinajstić information content (AvgIpc) is 3.20. The van der Waals surface area contributed by atoms with Gasteiger partial charge in [-0.2, -0.15) is 0 Å². The molecule has 2 rings (SSSR count). The molecule has 0 bridgehead atoms. The van der Waals surface area contributed by atoms with Crippen molar-refractivity contribution in [2.45, 2.75) is 71.4 Å². The van der Waals surface area contributed by atoms with E-state index in [1.807, 2.05) is 25.7 Å². The van der Waals surface area contributed by atoms with E-state index in [0.29, 0.717) is 12.8 Å². The van der Waals surface area contributed by atoms with Crippen molar-refractivity contribution in [3.63, 3.8) is 0 Å². The van der Waals surface area contributed by atoms with Crippen molar-refractivity contribution < 1.29 is 9.59 Å². The van der Waals surface area contributed by atoms with E-state index in [1.165, 1.54) is 12.8 Å². The number of nitrogens with one attached hydrogen (secondary N) is 1. The predicted molar refractivity (Wildman–Crippen MR) is 74.6 cm³/mol.